The number of anilines is 1. The summed E-state index contributed by atoms with van der Waals surface area (Å²) < 4.78 is 9.78. The molecule has 0 saturated carbocycles. The summed E-state index contributed by atoms with van der Waals surface area (Å²) in [7, 11) is 4.87. The van der Waals surface area contributed by atoms with Gasteiger partial charge in [-0.15, -0.1) is 0 Å². The molecule has 0 spiro atoms. The zero-order chi connectivity index (χ0) is 14.3. The van der Waals surface area contributed by atoms with Gasteiger partial charge in [0, 0.05) is 18.8 Å². The molecule has 0 aliphatic rings. The van der Waals surface area contributed by atoms with Gasteiger partial charge in [0.05, 0.1) is 14.2 Å². The van der Waals surface area contributed by atoms with Crippen LogP contribution < -0.4 is 15.8 Å². The maximum absolute atomic E-state index is 11.2. The lowest BCUT2D eigenvalue weighted by molar-refractivity contribution is -0.142. The summed E-state index contributed by atoms with van der Waals surface area (Å²) in [6.45, 7) is 0. The van der Waals surface area contributed by atoms with Gasteiger partial charge >= 0.3 is 5.97 Å². The van der Waals surface area contributed by atoms with Crippen LogP contribution in [0.3, 0.4) is 0 Å². The summed E-state index contributed by atoms with van der Waals surface area (Å²) in [6.07, 6.45) is 2.30. The van der Waals surface area contributed by atoms with Crippen LogP contribution in [0.1, 0.15) is 18.4 Å². The summed E-state index contributed by atoms with van der Waals surface area (Å²) in [4.78, 5) is 11.2. The van der Waals surface area contributed by atoms with Crippen molar-refractivity contribution in [2.24, 2.45) is 5.73 Å². The largest absolute Gasteiger partial charge is 0.497 e. The van der Waals surface area contributed by atoms with Crippen LogP contribution in [0.15, 0.2) is 18.2 Å². The third-order valence-corrected chi connectivity index (χ3v) is 3.05. The monoisotopic (exact) mass is 266 g/mol. The number of nitrogens with one attached hydrogen (secondary N) is 1. The number of methoxy groups -OCH3 is 2. The standard InChI is InChI=1S/C14H22N2O3/c1-16-13-9-11(18-2)8-7-10(13)5-4-6-12(15)14(17)19-3/h7-9,12,16H,4-6,15H2,1-3H3. The normalized spacial score (nSPS) is 11.8. The lowest BCUT2D eigenvalue weighted by Gasteiger charge is -2.12. The SMILES string of the molecule is CNc1cc(OC)ccc1CCCC(N)C(=O)OC. The molecule has 1 aromatic rings. The average Bonchev–Trinajstić information content (AvgIpc) is 2.46. The molecular weight excluding hydrogens is 244 g/mol. The van der Waals surface area contributed by atoms with Crippen molar-refractivity contribution >= 4 is 11.7 Å². The lowest BCUT2D eigenvalue weighted by atomic mass is 10.0. The van der Waals surface area contributed by atoms with E-state index in [1.807, 2.05) is 25.2 Å². The van der Waals surface area contributed by atoms with Crippen LogP contribution in [0.25, 0.3) is 0 Å². The minimum atomic E-state index is -0.540. The van der Waals surface area contributed by atoms with Gasteiger partial charge in [0.25, 0.3) is 0 Å². The number of hydrogen-bond donors (Lipinski definition) is 2. The van der Waals surface area contributed by atoms with Gasteiger partial charge in [0.15, 0.2) is 0 Å². The fourth-order valence-corrected chi connectivity index (χ4v) is 1.91. The minimum Gasteiger partial charge on any atom is -0.497 e. The molecule has 0 aliphatic heterocycles. The number of carbonyl (C=O) groups is 1. The van der Waals surface area contributed by atoms with Crippen molar-refractivity contribution in [2.45, 2.75) is 25.3 Å². The second-order valence-electron chi connectivity index (χ2n) is 4.29. The summed E-state index contributed by atoms with van der Waals surface area (Å²) in [5, 5.41) is 3.14. The van der Waals surface area contributed by atoms with E-state index in [0.717, 1.165) is 24.3 Å². The highest BCUT2D eigenvalue weighted by Gasteiger charge is 2.13. The molecule has 0 heterocycles. The fraction of sp³-hybridized carbons (Fsp3) is 0.500. The fourth-order valence-electron chi connectivity index (χ4n) is 1.91. The van der Waals surface area contributed by atoms with Crippen LogP contribution in [0, 0.1) is 0 Å². The molecule has 0 fully saturated rings. The smallest absolute Gasteiger partial charge is 0.322 e. The van der Waals surface area contributed by atoms with Gasteiger partial charge in [-0.1, -0.05) is 6.07 Å². The van der Waals surface area contributed by atoms with E-state index in [4.69, 9.17) is 10.5 Å². The number of esters is 1. The number of ether oxygens (including phenoxy) is 2. The molecule has 1 unspecified atom stereocenters. The zero-order valence-electron chi connectivity index (χ0n) is 11.7. The molecule has 0 saturated heterocycles. The maximum atomic E-state index is 11.2. The Balaban J connectivity index is 2.55. The van der Waals surface area contributed by atoms with Gasteiger partial charge < -0.3 is 20.5 Å². The molecule has 0 aromatic heterocycles. The van der Waals surface area contributed by atoms with E-state index in [1.165, 1.54) is 12.7 Å². The molecule has 5 nitrogen and oxygen atoms in total. The van der Waals surface area contributed by atoms with Crippen molar-refractivity contribution in [3.63, 3.8) is 0 Å². The Kier molecular flexibility index (Phi) is 6.15. The Hall–Kier alpha value is -1.75. The summed E-state index contributed by atoms with van der Waals surface area (Å²) in [5.74, 6) is 0.461. The van der Waals surface area contributed by atoms with Gasteiger partial charge in [-0.05, 0) is 30.9 Å². The summed E-state index contributed by atoms with van der Waals surface area (Å²) in [5.41, 5.74) is 7.91. The number of rotatable bonds is 7. The first-order valence-corrected chi connectivity index (χ1v) is 6.30. The van der Waals surface area contributed by atoms with E-state index in [9.17, 15) is 4.79 Å². The highest BCUT2D eigenvalue weighted by molar-refractivity contribution is 5.75. The molecule has 1 aromatic carbocycles. The molecule has 0 aliphatic carbocycles. The van der Waals surface area contributed by atoms with Crippen LogP contribution in [0.4, 0.5) is 5.69 Å². The van der Waals surface area contributed by atoms with Crippen LogP contribution in [-0.4, -0.2) is 33.3 Å². The first kappa shape index (κ1) is 15.3. The second-order valence-corrected chi connectivity index (χ2v) is 4.29. The molecule has 106 valence electrons. The van der Waals surface area contributed by atoms with Gasteiger partial charge in [-0.2, -0.15) is 0 Å². The molecule has 1 atom stereocenters. The molecule has 0 radical (unpaired) electrons. The Morgan fingerprint density at radius 1 is 1.42 bits per heavy atom. The third kappa shape index (κ3) is 4.44. The Bertz CT molecular complexity index is 421. The zero-order valence-corrected chi connectivity index (χ0v) is 11.7. The second kappa shape index (κ2) is 7.63. The first-order valence-electron chi connectivity index (χ1n) is 6.30. The average molecular weight is 266 g/mol. The molecular formula is C14H22N2O3. The minimum absolute atomic E-state index is 0.358. The Morgan fingerprint density at radius 3 is 2.74 bits per heavy atom. The van der Waals surface area contributed by atoms with Gasteiger partial charge in [-0.25, -0.2) is 0 Å². The number of nitrogens with two attached hydrogens (primary N) is 1. The van der Waals surface area contributed by atoms with Crippen LogP contribution in [0.5, 0.6) is 5.75 Å². The third-order valence-electron chi connectivity index (χ3n) is 3.05. The number of carbonyl (C=O) groups excluding carboxylic acids is 1. The van der Waals surface area contributed by atoms with Crippen molar-refractivity contribution in [3.05, 3.63) is 23.8 Å². The van der Waals surface area contributed by atoms with E-state index in [2.05, 4.69) is 10.1 Å². The Labute approximate surface area is 114 Å². The van der Waals surface area contributed by atoms with E-state index in [1.54, 1.807) is 7.11 Å². The maximum Gasteiger partial charge on any atom is 0.322 e. The molecule has 0 bridgehead atoms. The predicted octanol–water partition coefficient (Wildman–Crippen LogP) is 1.56. The Morgan fingerprint density at radius 2 is 2.16 bits per heavy atom. The van der Waals surface area contributed by atoms with E-state index in [0.29, 0.717) is 6.42 Å². The predicted molar refractivity (Wildman–Crippen MR) is 75.5 cm³/mol. The highest BCUT2D eigenvalue weighted by atomic mass is 16.5. The molecule has 5 heteroatoms. The molecule has 1 rings (SSSR count). The summed E-state index contributed by atoms with van der Waals surface area (Å²) >= 11 is 0. The van der Waals surface area contributed by atoms with Gasteiger partial charge in [0.2, 0.25) is 0 Å². The van der Waals surface area contributed by atoms with Crippen LogP contribution in [0.2, 0.25) is 0 Å². The van der Waals surface area contributed by atoms with Crippen molar-refractivity contribution < 1.29 is 14.3 Å². The lowest BCUT2D eigenvalue weighted by Crippen LogP contribution is -2.31. The van der Waals surface area contributed by atoms with E-state index >= 15 is 0 Å². The molecule has 0 amide bonds. The highest BCUT2D eigenvalue weighted by Crippen LogP contribution is 2.23. The van der Waals surface area contributed by atoms with Gasteiger partial charge in [0.1, 0.15) is 11.8 Å². The van der Waals surface area contributed by atoms with E-state index in [-0.39, 0.29) is 5.97 Å². The van der Waals surface area contributed by atoms with E-state index < -0.39 is 6.04 Å². The summed E-state index contributed by atoms with van der Waals surface area (Å²) in [6, 6.07) is 5.36. The van der Waals surface area contributed by atoms with Gasteiger partial charge in [-0.3, -0.25) is 4.79 Å². The molecule has 3 N–H and O–H groups in total. The number of hydrogen-bond acceptors (Lipinski definition) is 5. The van der Waals surface area contributed by atoms with Crippen molar-refractivity contribution in [3.8, 4) is 5.75 Å². The topological polar surface area (TPSA) is 73.6 Å². The molecule has 19 heavy (non-hydrogen) atoms. The quantitative estimate of drug-likeness (QED) is 0.733. The number of benzene rings is 1. The van der Waals surface area contributed by atoms with Crippen molar-refractivity contribution in [2.75, 3.05) is 26.6 Å². The van der Waals surface area contributed by atoms with Crippen molar-refractivity contribution in [1.82, 2.24) is 0 Å². The number of aryl methyl sites for hydroxylation is 1. The van der Waals surface area contributed by atoms with Crippen LogP contribution in [-0.2, 0) is 16.0 Å². The first-order chi connectivity index (χ1) is 9.12. The van der Waals surface area contributed by atoms with Crippen molar-refractivity contribution in [1.29, 1.82) is 0 Å². The van der Waals surface area contributed by atoms with Crippen LogP contribution >= 0.6 is 0 Å².